The lowest BCUT2D eigenvalue weighted by Crippen LogP contribution is -2.15. The lowest BCUT2D eigenvalue weighted by molar-refractivity contribution is 0.0995. The molecule has 0 atom stereocenters. The fourth-order valence-electron chi connectivity index (χ4n) is 4.22. The summed E-state index contributed by atoms with van der Waals surface area (Å²) in [7, 11) is 0. The van der Waals surface area contributed by atoms with E-state index in [9.17, 15) is 4.79 Å². The highest BCUT2D eigenvalue weighted by atomic mass is 16.2. The molecule has 0 bridgehead atoms. The average Bonchev–Trinajstić information content (AvgIpc) is 3.28. The molecule has 0 radical (unpaired) electrons. The number of aliphatic hydroxyl groups excluding tert-OH is 1. The first-order valence-corrected chi connectivity index (χ1v) is 12.2. The molecule has 0 aliphatic heterocycles. The van der Waals surface area contributed by atoms with Crippen molar-refractivity contribution in [2.45, 2.75) is 33.6 Å². The maximum Gasteiger partial charge on any atom is 0.268 e. The zero-order valence-corrected chi connectivity index (χ0v) is 21.0. The number of nitrogens with two attached hydrogens (primary N) is 1. The van der Waals surface area contributed by atoms with E-state index >= 15 is 0 Å². The fraction of sp³-hybridized carbons (Fsp3) is 0.233. The standard InChI is InChI=1S/C24H18N4O.C6H14O/c1-15-9-10-18-14-17(11-12-20(18)26-15)19-8-5-13-28-22(23(25)29)21(27-24(19)28)16-6-3-2-4-7-16;1-6(2)4-3-5-7/h2-14H,1H3,(H2,25,29);6-7H,3-5H2,1-2H3. The van der Waals surface area contributed by atoms with Crippen molar-refractivity contribution in [2.75, 3.05) is 6.61 Å². The van der Waals surface area contributed by atoms with Gasteiger partial charge in [0.15, 0.2) is 0 Å². The number of carbonyl (C=O) groups is 1. The largest absolute Gasteiger partial charge is 0.396 e. The van der Waals surface area contributed by atoms with E-state index < -0.39 is 5.91 Å². The van der Waals surface area contributed by atoms with E-state index in [0.29, 0.717) is 23.6 Å². The highest BCUT2D eigenvalue weighted by Crippen LogP contribution is 2.31. The Morgan fingerprint density at radius 3 is 2.42 bits per heavy atom. The number of fused-ring (bicyclic) bond motifs is 2. The summed E-state index contributed by atoms with van der Waals surface area (Å²) in [5.74, 6) is 0.235. The lowest BCUT2D eigenvalue weighted by Gasteiger charge is -2.07. The second-order valence-corrected chi connectivity index (χ2v) is 9.27. The van der Waals surface area contributed by atoms with Gasteiger partial charge in [-0.25, -0.2) is 4.98 Å². The molecule has 0 saturated carbocycles. The summed E-state index contributed by atoms with van der Waals surface area (Å²) in [4.78, 5) is 21.7. The molecule has 184 valence electrons. The molecule has 6 nitrogen and oxygen atoms in total. The van der Waals surface area contributed by atoms with Gasteiger partial charge in [0.1, 0.15) is 17.0 Å². The number of nitrogens with zero attached hydrogens (tertiary/aromatic N) is 3. The van der Waals surface area contributed by atoms with Crippen molar-refractivity contribution < 1.29 is 9.90 Å². The number of aliphatic hydroxyl groups is 1. The number of hydrogen-bond acceptors (Lipinski definition) is 4. The molecular weight excluding hydrogens is 448 g/mol. The zero-order valence-electron chi connectivity index (χ0n) is 21.0. The monoisotopic (exact) mass is 480 g/mol. The van der Waals surface area contributed by atoms with Gasteiger partial charge in [-0.15, -0.1) is 0 Å². The normalized spacial score (nSPS) is 11.0. The molecule has 5 rings (SSSR count). The van der Waals surface area contributed by atoms with E-state index in [1.54, 1.807) is 4.40 Å². The number of pyridine rings is 2. The van der Waals surface area contributed by atoms with Crippen molar-refractivity contribution in [1.29, 1.82) is 0 Å². The van der Waals surface area contributed by atoms with Crippen LogP contribution in [-0.4, -0.2) is 32.0 Å². The van der Waals surface area contributed by atoms with Gasteiger partial charge < -0.3 is 10.8 Å². The minimum absolute atomic E-state index is 0.345. The Morgan fingerprint density at radius 1 is 0.972 bits per heavy atom. The van der Waals surface area contributed by atoms with Crippen LogP contribution in [0.2, 0.25) is 0 Å². The molecular formula is C30H32N4O2. The third-order valence-electron chi connectivity index (χ3n) is 6.01. The number of carbonyl (C=O) groups excluding carboxylic acids is 1. The maximum absolute atomic E-state index is 12.3. The number of rotatable bonds is 6. The summed E-state index contributed by atoms with van der Waals surface area (Å²) in [6.45, 7) is 6.65. The Labute approximate surface area is 211 Å². The Balaban J connectivity index is 0.000000384. The SMILES string of the molecule is CC(C)CCCO.Cc1ccc2cc(-c3cccn4c(C(N)=O)c(-c5ccccc5)nc34)ccc2n1. The zero-order chi connectivity index (χ0) is 25.7. The minimum atomic E-state index is -0.508. The van der Waals surface area contributed by atoms with E-state index in [-0.39, 0.29) is 0 Å². The first kappa shape index (κ1) is 25.1. The highest BCUT2D eigenvalue weighted by molar-refractivity contribution is 6.00. The van der Waals surface area contributed by atoms with Gasteiger partial charge in [-0.3, -0.25) is 14.2 Å². The minimum Gasteiger partial charge on any atom is -0.396 e. The molecule has 3 aromatic heterocycles. The number of aromatic nitrogens is 3. The van der Waals surface area contributed by atoms with Crippen LogP contribution < -0.4 is 5.73 Å². The Hall–Kier alpha value is -4.03. The van der Waals surface area contributed by atoms with Gasteiger partial charge in [0.25, 0.3) is 5.91 Å². The van der Waals surface area contributed by atoms with Crippen LogP contribution >= 0.6 is 0 Å². The fourth-order valence-corrected chi connectivity index (χ4v) is 4.22. The van der Waals surface area contributed by atoms with Crippen LogP contribution in [0.15, 0.2) is 79.0 Å². The molecule has 0 saturated heterocycles. The number of imidazole rings is 1. The van der Waals surface area contributed by atoms with Crippen molar-refractivity contribution in [3.05, 3.63) is 90.4 Å². The third-order valence-corrected chi connectivity index (χ3v) is 6.01. The Morgan fingerprint density at radius 2 is 1.75 bits per heavy atom. The average molecular weight is 481 g/mol. The molecule has 2 aromatic carbocycles. The molecule has 0 aliphatic carbocycles. The maximum atomic E-state index is 12.3. The number of amides is 1. The lowest BCUT2D eigenvalue weighted by atomic mass is 10.0. The summed E-state index contributed by atoms with van der Waals surface area (Å²) in [6.07, 6.45) is 3.93. The summed E-state index contributed by atoms with van der Waals surface area (Å²) < 4.78 is 1.78. The second kappa shape index (κ2) is 11.1. The topological polar surface area (TPSA) is 93.5 Å². The number of benzene rings is 2. The summed E-state index contributed by atoms with van der Waals surface area (Å²) in [6, 6.07) is 23.7. The van der Waals surface area contributed by atoms with Crippen molar-refractivity contribution in [2.24, 2.45) is 11.7 Å². The van der Waals surface area contributed by atoms with Crippen molar-refractivity contribution in [3.63, 3.8) is 0 Å². The Bertz CT molecular complexity index is 1490. The van der Waals surface area contributed by atoms with Crippen LogP contribution in [0.1, 0.15) is 42.9 Å². The molecule has 0 spiro atoms. The number of primary amides is 1. The van der Waals surface area contributed by atoms with E-state index in [1.807, 2.05) is 73.8 Å². The van der Waals surface area contributed by atoms with E-state index in [0.717, 1.165) is 52.0 Å². The summed E-state index contributed by atoms with van der Waals surface area (Å²) in [5.41, 5.74) is 12.1. The first-order valence-electron chi connectivity index (χ1n) is 12.2. The third kappa shape index (κ3) is 5.44. The van der Waals surface area contributed by atoms with Crippen molar-refractivity contribution in [3.8, 4) is 22.4 Å². The van der Waals surface area contributed by atoms with Crippen LogP contribution in [0, 0.1) is 12.8 Å². The van der Waals surface area contributed by atoms with E-state index in [1.165, 1.54) is 0 Å². The predicted octanol–water partition coefficient (Wildman–Crippen LogP) is 6.04. The molecule has 3 N–H and O–H groups in total. The predicted molar refractivity (Wildman–Crippen MR) is 146 cm³/mol. The number of hydrogen-bond donors (Lipinski definition) is 2. The molecule has 36 heavy (non-hydrogen) atoms. The molecule has 0 unspecified atom stereocenters. The molecule has 6 heteroatoms. The van der Waals surface area contributed by atoms with Gasteiger partial charge in [-0.1, -0.05) is 56.3 Å². The van der Waals surface area contributed by atoms with Gasteiger partial charge in [-0.2, -0.15) is 0 Å². The molecule has 3 heterocycles. The van der Waals surface area contributed by atoms with Gasteiger partial charge >= 0.3 is 0 Å². The van der Waals surface area contributed by atoms with Crippen molar-refractivity contribution in [1.82, 2.24) is 14.4 Å². The molecule has 0 fully saturated rings. The smallest absolute Gasteiger partial charge is 0.268 e. The van der Waals surface area contributed by atoms with E-state index in [4.69, 9.17) is 15.8 Å². The van der Waals surface area contributed by atoms with Crippen molar-refractivity contribution >= 4 is 22.5 Å². The molecule has 5 aromatic rings. The highest BCUT2D eigenvalue weighted by Gasteiger charge is 2.20. The number of aryl methyl sites for hydroxylation is 1. The quantitative estimate of drug-likeness (QED) is 0.310. The molecule has 1 amide bonds. The Kier molecular flexibility index (Phi) is 7.76. The van der Waals surface area contributed by atoms with Crippen LogP contribution in [0.3, 0.4) is 0 Å². The van der Waals surface area contributed by atoms with Gasteiger partial charge in [0, 0.05) is 35.0 Å². The van der Waals surface area contributed by atoms with Gasteiger partial charge in [0.2, 0.25) is 0 Å². The van der Waals surface area contributed by atoms with Crippen LogP contribution in [-0.2, 0) is 0 Å². The summed E-state index contributed by atoms with van der Waals surface area (Å²) in [5, 5.41) is 9.37. The van der Waals surface area contributed by atoms with Gasteiger partial charge in [0.05, 0.1) is 5.52 Å². The molecule has 0 aliphatic rings. The van der Waals surface area contributed by atoms with Crippen LogP contribution in [0.5, 0.6) is 0 Å². The van der Waals surface area contributed by atoms with E-state index in [2.05, 4.69) is 31.0 Å². The second-order valence-electron chi connectivity index (χ2n) is 9.27. The first-order chi connectivity index (χ1) is 17.4. The van der Waals surface area contributed by atoms with Gasteiger partial charge in [-0.05, 0) is 61.6 Å². The summed E-state index contributed by atoms with van der Waals surface area (Å²) >= 11 is 0. The van der Waals surface area contributed by atoms with Crippen LogP contribution in [0.25, 0.3) is 38.9 Å². The van der Waals surface area contributed by atoms with Crippen LogP contribution in [0.4, 0.5) is 0 Å².